The lowest BCUT2D eigenvalue weighted by Crippen LogP contribution is -2.48. The van der Waals surface area contributed by atoms with Gasteiger partial charge in [-0.2, -0.15) is 0 Å². The van der Waals surface area contributed by atoms with Crippen LogP contribution in [0.5, 0.6) is 0 Å². The van der Waals surface area contributed by atoms with E-state index in [9.17, 15) is 9.59 Å². The first-order valence-electron chi connectivity index (χ1n) is 8.51. The molecule has 1 aromatic rings. The number of carbonyl (C=O) groups is 2. The number of carbonyl (C=O) groups excluding carboxylic acids is 2. The Bertz CT molecular complexity index is 697. The monoisotopic (exact) mass is 344 g/mol. The molecule has 1 aromatic carbocycles. The van der Waals surface area contributed by atoms with Crippen LogP contribution < -0.4 is 10.7 Å². The van der Waals surface area contributed by atoms with E-state index in [0.29, 0.717) is 17.5 Å². The maximum Gasteiger partial charge on any atom is 0.321 e. The van der Waals surface area contributed by atoms with Crippen molar-refractivity contribution in [3.63, 3.8) is 0 Å². The van der Waals surface area contributed by atoms with E-state index in [1.54, 1.807) is 24.3 Å². The molecule has 1 atom stereocenters. The second-order valence-corrected chi connectivity index (χ2v) is 7.35. The van der Waals surface area contributed by atoms with Crippen molar-refractivity contribution in [2.24, 2.45) is 16.4 Å². The molecule has 0 spiro atoms. The van der Waals surface area contributed by atoms with Crippen LogP contribution in [0.1, 0.15) is 32.8 Å². The van der Waals surface area contributed by atoms with Gasteiger partial charge in [-0.25, -0.2) is 10.2 Å². The van der Waals surface area contributed by atoms with Gasteiger partial charge < -0.3 is 15.0 Å². The number of urea groups is 1. The van der Waals surface area contributed by atoms with Crippen LogP contribution >= 0.6 is 0 Å². The summed E-state index contributed by atoms with van der Waals surface area (Å²) in [6.07, 6.45) is 1.02. The van der Waals surface area contributed by atoms with Crippen LogP contribution in [0.15, 0.2) is 29.4 Å². The van der Waals surface area contributed by atoms with Crippen molar-refractivity contribution in [2.75, 3.05) is 25.0 Å². The quantitative estimate of drug-likeness (QED) is 0.864. The van der Waals surface area contributed by atoms with Crippen molar-refractivity contribution in [1.82, 2.24) is 10.3 Å². The molecule has 1 saturated heterocycles. The lowest BCUT2D eigenvalue weighted by Gasteiger charge is -2.42. The van der Waals surface area contributed by atoms with Gasteiger partial charge in [-0.15, -0.1) is 5.10 Å². The molecule has 25 heavy (non-hydrogen) atoms. The summed E-state index contributed by atoms with van der Waals surface area (Å²) in [5.41, 5.74) is 3.96. The molecule has 7 heteroatoms. The lowest BCUT2D eigenvalue weighted by atomic mass is 9.75. The number of ether oxygens (including phenoxy) is 1. The average molecular weight is 344 g/mol. The summed E-state index contributed by atoms with van der Waals surface area (Å²) < 4.78 is 5.27. The van der Waals surface area contributed by atoms with Gasteiger partial charge in [-0.1, -0.05) is 20.8 Å². The number of rotatable bonds is 2. The maximum absolute atomic E-state index is 12.5. The molecule has 3 rings (SSSR count). The minimum absolute atomic E-state index is 0.0412. The van der Waals surface area contributed by atoms with E-state index in [2.05, 4.69) is 36.6 Å². The number of anilines is 1. The van der Waals surface area contributed by atoms with Gasteiger partial charge >= 0.3 is 6.03 Å². The Balaban J connectivity index is 1.62. The van der Waals surface area contributed by atoms with E-state index in [1.165, 1.54) is 0 Å². The number of hydrazone groups is 1. The number of piperidine rings is 1. The molecular formula is C18H24N4O3. The number of nitrogens with one attached hydrogen (secondary N) is 2. The summed E-state index contributed by atoms with van der Waals surface area (Å²) in [6, 6.07) is 7.12. The van der Waals surface area contributed by atoms with Gasteiger partial charge in [0, 0.05) is 24.3 Å². The van der Waals surface area contributed by atoms with Crippen molar-refractivity contribution in [3.05, 3.63) is 29.8 Å². The Hall–Kier alpha value is -2.57. The van der Waals surface area contributed by atoms with Gasteiger partial charge in [0.15, 0.2) is 6.61 Å². The summed E-state index contributed by atoms with van der Waals surface area (Å²) in [6.45, 7) is 8.14. The molecule has 0 aromatic heterocycles. The van der Waals surface area contributed by atoms with Gasteiger partial charge in [0.05, 0.1) is 0 Å². The molecule has 1 fully saturated rings. The van der Waals surface area contributed by atoms with Gasteiger partial charge in [-0.3, -0.25) is 4.79 Å². The van der Waals surface area contributed by atoms with E-state index in [0.717, 1.165) is 25.1 Å². The number of amides is 3. The minimum Gasteiger partial charge on any atom is -0.466 e. The molecule has 2 aliphatic heterocycles. The molecule has 0 radical (unpaired) electrons. The Labute approximate surface area is 147 Å². The van der Waals surface area contributed by atoms with Crippen LogP contribution in [0.3, 0.4) is 0 Å². The Kier molecular flexibility index (Phi) is 4.65. The third-order valence-electron chi connectivity index (χ3n) is 5.06. The summed E-state index contributed by atoms with van der Waals surface area (Å²) in [5.74, 6) is 0.697. The van der Waals surface area contributed by atoms with Crippen LogP contribution in [-0.2, 0) is 9.53 Å². The maximum atomic E-state index is 12.5. The predicted octanol–water partition coefficient (Wildman–Crippen LogP) is 2.39. The van der Waals surface area contributed by atoms with E-state index in [-0.39, 0.29) is 24.0 Å². The zero-order valence-electron chi connectivity index (χ0n) is 14.8. The summed E-state index contributed by atoms with van der Waals surface area (Å²) in [4.78, 5) is 25.4. The lowest BCUT2D eigenvalue weighted by molar-refractivity contribution is -0.124. The molecule has 1 unspecified atom stereocenters. The smallest absolute Gasteiger partial charge is 0.321 e. The van der Waals surface area contributed by atoms with Crippen LogP contribution in [-0.4, -0.2) is 42.4 Å². The Morgan fingerprint density at radius 1 is 1.36 bits per heavy atom. The zero-order valence-corrected chi connectivity index (χ0v) is 14.8. The highest BCUT2D eigenvalue weighted by molar-refractivity contribution is 5.98. The first-order chi connectivity index (χ1) is 11.8. The normalized spacial score (nSPS) is 22.5. The van der Waals surface area contributed by atoms with Crippen molar-refractivity contribution in [3.8, 4) is 0 Å². The van der Waals surface area contributed by atoms with Crippen molar-refractivity contribution in [1.29, 1.82) is 0 Å². The molecular weight excluding hydrogens is 320 g/mol. The number of hydrogen-bond acceptors (Lipinski definition) is 4. The predicted molar refractivity (Wildman–Crippen MR) is 95.2 cm³/mol. The third-order valence-corrected chi connectivity index (χ3v) is 5.06. The summed E-state index contributed by atoms with van der Waals surface area (Å²) in [5, 5.41) is 6.81. The highest BCUT2D eigenvalue weighted by Crippen LogP contribution is 2.34. The van der Waals surface area contributed by atoms with Crippen molar-refractivity contribution in [2.45, 2.75) is 27.2 Å². The standard InChI is InChI=1S/C18H24N4O3/c1-12-8-9-22(11-18(12,2)3)17(24)19-14-6-4-13(5-7-14)16-21-20-15(23)10-25-16/h4-7,12H,8-11H2,1-3H3,(H,19,24)(H,20,23). The van der Waals surface area contributed by atoms with Crippen molar-refractivity contribution >= 4 is 23.5 Å². The SMILES string of the molecule is CC1CCN(C(=O)Nc2ccc(C3=NNC(=O)CO3)cc2)CC1(C)C. The molecule has 7 nitrogen and oxygen atoms in total. The molecule has 0 bridgehead atoms. The summed E-state index contributed by atoms with van der Waals surface area (Å²) in [7, 11) is 0. The fraction of sp³-hybridized carbons (Fsp3) is 0.500. The number of likely N-dealkylation sites (tertiary alicyclic amines) is 1. The van der Waals surface area contributed by atoms with Crippen LogP contribution in [0, 0.1) is 11.3 Å². The van der Waals surface area contributed by atoms with Crippen LogP contribution in [0.4, 0.5) is 10.5 Å². The number of benzene rings is 1. The van der Waals surface area contributed by atoms with E-state index in [1.807, 2.05) is 4.90 Å². The Morgan fingerprint density at radius 2 is 2.08 bits per heavy atom. The fourth-order valence-electron chi connectivity index (χ4n) is 3.00. The van der Waals surface area contributed by atoms with Gasteiger partial charge in [0.25, 0.3) is 5.91 Å². The average Bonchev–Trinajstić information content (AvgIpc) is 2.59. The van der Waals surface area contributed by atoms with E-state index >= 15 is 0 Å². The molecule has 2 aliphatic rings. The van der Waals surface area contributed by atoms with E-state index < -0.39 is 0 Å². The minimum atomic E-state index is -0.272. The molecule has 134 valence electrons. The molecule has 2 heterocycles. The third kappa shape index (κ3) is 3.92. The highest BCUT2D eigenvalue weighted by atomic mass is 16.5. The second kappa shape index (κ2) is 6.74. The first-order valence-corrected chi connectivity index (χ1v) is 8.51. The van der Waals surface area contributed by atoms with Crippen molar-refractivity contribution < 1.29 is 14.3 Å². The van der Waals surface area contributed by atoms with Crippen LogP contribution in [0.25, 0.3) is 0 Å². The Morgan fingerprint density at radius 3 is 2.68 bits per heavy atom. The zero-order chi connectivity index (χ0) is 18.0. The van der Waals surface area contributed by atoms with Gasteiger partial charge in [0.1, 0.15) is 0 Å². The first kappa shape index (κ1) is 17.3. The van der Waals surface area contributed by atoms with Gasteiger partial charge in [-0.05, 0) is 42.0 Å². The molecule has 0 saturated carbocycles. The number of nitrogens with zero attached hydrogens (tertiary/aromatic N) is 2. The highest BCUT2D eigenvalue weighted by Gasteiger charge is 2.34. The topological polar surface area (TPSA) is 83.0 Å². The van der Waals surface area contributed by atoms with E-state index in [4.69, 9.17) is 4.74 Å². The molecule has 3 amide bonds. The number of hydrogen-bond donors (Lipinski definition) is 2. The summed E-state index contributed by atoms with van der Waals surface area (Å²) >= 11 is 0. The molecule has 0 aliphatic carbocycles. The molecule has 2 N–H and O–H groups in total. The second-order valence-electron chi connectivity index (χ2n) is 7.35. The largest absolute Gasteiger partial charge is 0.466 e. The fourth-order valence-corrected chi connectivity index (χ4v) is 3.00. The van der Waals surface area contributed by atoms with Crippen LogP contribution in [0.2, 0.25) is 0 Å². The van der Waals surface area contributed by atoms with Gasteiger partial charge in [0.2, 0.25) is 5.90 Å².